The summed E-state index contributed by atoms with van der Waals surface area (Å²) in [6, 6.07) is 0.605. The molecule has 92 valence electrons. The van der Waals surface area contributed by atoms with Crippen LogP contribution in [-0.4, -0.2) is 49.6 Å². The van der Waals surface area contributed by atoms with Crippen LogP contribution in [0.15, 0.2) is 0 Å². The molecule has 0 aromatic rings. The number of hydrogen-bond acceptors (Lipinski definition) is 3. The van der Waals surface area contributed by atoms with Crippen molar-refractivity contribution in [3.05, 3.63) is 0 Å². The molecule has 0 bridgehead atoms. The Morgan fingerprint density at radius 3 is 2.88 bits per heavy atom. The van der Waals surface area contributed by atoms with Crippen LogP contribution < -0.4 is 10.6 Å². The number of carbonyl (C=O) groups excluding carboxylic acids is 1. The monoisotopic (exact) mass is 225 g/mol. The minimum Gasteiger partial charge on any atom is -0.353 e. The van der Waals surface area contributed by atoms with Gasteiger partial charge in [0.25, 0.3) is 0 Å². The molecule has 0 spiro atoms. The number of rotatable bonds is 3. The van der Waals surface area contributed by atoms with Gasteiger partial charge in [0.1, 0.15) is 0 Å². The SMILES string of the molecule is CN1CCCC1CNC(=O)[C@@H]1CCCCN1. The van der Waals surface area contributed by atoms with E-state index < -0.39 is 0 Å². The van der Waals surface area contributed by atoms with Gasteiger partial charge in [-0.2, -0.15) is 0 Å². The summed E-state index contributed by atoms with van der Waals surface area (Å²) in [5, 5.41) is 6.36. The largest absolute Gasteiger partial charge is 0.353 e. The highest BCUT2D eigenvalue weighted by Gasteiger charge is 2.24. The van der Waals surface area contributed by atoms with E-state index in [2.05, 4.69) is 22.6 Å². The molecule has 0 saturated carbocycles. The third-order valence-corrected chi connectivity index (χ3v) is 3.81. The number of amides is 1. The molecular formula is C12H23N3O. The fraction of sp³-hybridized carbons (Fsp3) is 0.917. The van der Waals surface area contributed by atoms with Crippen LogP contribution in [0, 0.1) is 0 Å². The normalized spacial score (nSPS) is 31.6. The predicted octanol–water partition coefficient (Wildman–Crippen LogP) is 0.339. The Bertz CT molecular complexity index is 238. The summed E-state index contributed by atoms with van der Waals surface area (Å²) in [5.74, 6) is 0.194. The van der Waals surface area contributed by atoms with Crippen LogP contribution in [0.3, 0.4) is 0 Å². The van der Waals surface area contributed by atoms with E-state index in [0.29, 0.717) is 6.04 Å². The van der Waals surface area contributed by atoms with Crippen LogP contribution in [0.2, 0.25) is 0 Å². The predicted molar refractivity (Wildman–Crippen MR) is 64.3 cm³/mol. The molecule has 0 aromatic heterocycles. The summed E-state index contributed by atoms with van der Waals surface area (Å²) in [4.78, 5) is 14.2. The summed E-state index contributed by atoms with van der Waals surface area (Å²) >= 11 is 0. The lowest BCUT2D eigenvalue weighted by Crippen LogP contribution is -2.49. The summed E-state index contributed by atoms with van der Waals surface area (Å²) in [5.41, 5.74) is 0. The van der Waals surface area contributed by atoms with E-state index in [1.807, 2.05) is 0 Å². The van der Waals surface area contributed by atoms with Crippen molar-refractivity contribution >= 4 is 5.91 Å². The smallest absolute Gasteiger partial charge is 0.237 e. The maximum atomic E-state index is 11.9. The Balaban J connectivity index is 1.70. The third-order valence-electron chi connectivity index (χ3n) is 3.81. The Kier molecular flexibility index (Phi) is 4.18. The number of likely N-dealkylation sites (N-methyl/N-ethyl adjacent to an activating group) is 1. The van der Waals surface area contributed by atoms with Crippen molar-refractivity contribution in [1.82, 2.24) is 15.5 Å². The van der Waals surface area contributed by atoms with E-state index >= 15 is 0 Å². The maximum Gasteiger partial charge on any atom is 0.237 e. The average Bonchev–Trinajstić information content (AvgIpc) is 2.73. The highest BCUT2D eigenvalue weighted by molar-refractivity contribution is 5.81. The van der Waals surface area contributed by atoms with E-state index in [1.165, 1.54) is 32.2 Å². The van der Waals surface area contributed by atoms with Crippen LogP contribution in [0.5, 0.6) is 0 Å². The molecule has 0 aromatic carbocycles. The molecule has 0 aliphatic carbocycles. The molecule has 2 fully saturated rings. The van der Waals surface area contributed by atoms with Crippen molar-refractivity contribution in [3.8, 4) is 0 Å². The van der Waals surface area contributed by atoms with Crippen molar-refractivity contribution in [3.63, 3.8) is 0 Å². The Labute approximate surface area is 97.8 Å². The lowest BCUT2D eigenvalue weighted by atomic mass is 10.0. The highest BCUT2D eigenvalue weighted by Crippen LogP contribution is 2.13. The van der Waals surface area contributed by atoms with Gasteiger partial charge in [0.2, 0.25) is 5.91 Å². The molecule has 16 heavy (non-hydrogen) atoms. The Morgan fingerprint density at radius 1 is 1.38 bits per heavy atom. The number of likely N-dealkylation sites (tertiary alicyclic amines) is 1. The summed E-state index contributed by atoms with van der Waals surface area (Å²) < 4.78 is 0. The molecule has 4 nitrogen and oxygen atoms in total. The molecular weight excluding hydrogens is 202 g/mol. The van der Waals surface area contributed by atoms with Crippen molar-refractivity contribution in [2.75, 3.05) is 26.7 Å². The first-order chi connectivity index (χ1) is 7.77. The fourth-order valence-corrected chi connectivity index (χ4v) is 2.65. The first-order valence-corrected chi connectivity index (χ1v) is 6.48. The quantitative estimate of drug-likeness (QED) is 0.728. The molecule has 2 rings (SSSR count). The summed E-state index contributed by atoms with van der Waals surface area (Å²) in [6.07, 6.45) is 5.85. The topological polar surface area (TPSA) is 44.4 Å². The molecule has 2 saturated heterocycles. The summed E-state index contributed by atoms with van der Waals surface area (Å²) in [7, 11) is 2.14. The first kappa shape index (κ1) is 11.9. The molecule has 1 amide bonds. The molecule has 2 atom stereocenters. The van der Waals surface area contributed by atoms with E-state index in [-0.39, 0.29) is 11.9 Å². The van der Waals surface area contributed by atoms with Gasteiger partial charge in [-0.05, 0) is 45.8 Å². The molecule has 4 heteroatoms. The number of piperidine rings is 1. The third kappa shape index (κ3) is 2.95. The molecule has 1 unspecified atom stereocenters. The van der Waals surface area contributed by atoms with Crippen LogP contribution in [0.25, 0.3) is 0 Å². The Hall–Kier alpha value is -0.610. The van der Waals surface area contributed by atoms with Gasteiger partial charge in [-0.1, -0.05) is 6.42 Å². The van der Waals surface area contributed by atoms with Crippen LogP contribution in [0.1, 0.15) is 32.1 Å². The van der Waals surface area contributed by atoms with E-state index in [0.717, 1.165) is 19.5 Å². The maximum absolute atomic E-state index is 11.9. The van der Waals surface area contributed by atoms with Crippen LogP contribution in [0.4, 0.5) is 0 Å². The first-order valence-electron chi connectivity index (χ1n) is 6.48. The zero-order valence-corrected chi connectivity index (χ0v) is 10.2. The van der Waals surface area contributed by atoms with Gasteiger partial charge >= 0.3 is 0 Å². The average molecular weight is 225 g/mol. The van der Waals surface area contributed by atoms with Crippen LogP contribution >= 0.6 is 0 Å². The number of nitrogens with one attached hydrogen (secondary N) is 2. The second kappa shape index (κ2) is 5.64. The fourth-order valence-electron chi connectivity index (χ4n) is 2.65. The van der Waals surface area contributed by atoms with Crippen molar-refractivity contribution in [1.29, 1.82) is 0 Å². The minimum atomic E-state index is 0.0560. The number of nitrogens with zero attached hydrogens (tertiary/aromatic N) is 1. The van der Waals surface area contributed by atoms with Gasteiger partial charge in [-0.25, -0.2) is 0 Å². The van der Waals surface area contributed by atoms with Crippen LogP contribution in [-0.2, 0) is 4.79 Å². The lowest BCUT2D eigenvalue weighted by Gasteiger charge is -2.25. The second-order valence-corrected chi connectivity index (χ2v) is 5.02. The molecule has 2 aliphatic rings. The number of hydrogen-bond donors (Lipinski definition) is 2. The molecule has 2 heterocycles. The zero-order valence-electron chi connectivity index (χ0n) is 10.2. The Morgan fingerprint density at radius 2 is 2.25 bits per heavy atom. The second-order valence-electron chi connectivity index (χ2n) is 5.02. The zero-order chi connectivity index (χ0) is 11.4. The molecule has 2 aliphatic heterocycles. The highest BCUT2D eigenvalue weighted by atomic mass is 16.2. The summed E-state index contributed by atoms with van der Waals surface area (Å²) in [6.45, 7) is 2.97. The van der Waals surface area contributed by atoms with Crippen molar-refractivity contribution in [2.24, 2.45) is 0 Å². The minimum absolute atomic E-state index is 0.0560. The van der Waals surface area contributed by atoms with Gasteiger partial charge in [-0.15, -0.1) is 0 Å². The van der Waals surface area contributed by atoms with Gasteiger partial charge in [0, 0.05) is 12.6 Å². The van der Waals surface area contributed by atoms with E-state index in [4.69, 9.17) is 0 Å². The standard InChI is InChI=1S/C12H23N3O/c1-15-8-4-5-10(15)9-14-12(16)11-6-2-3-7-13-11/h10-11,13H,2-9H2,1H3,(H,14,16)/t10?,11-/m0/s1. The molecule has 2 N–H and O–H groups in total. The lowest BCUT2D eigenvalue weighted by molar-refractivity contribution is -0.123. The van der Waals surface area contributed by atoms with Gasteiger partial charge in [-0.3, -0.25) is 4.79 Å². The van der Waals surface area contributed by atoms with Gasteiger partial charge in [0.15, 0.2) is 0 Å². The van der Waals surface area contributed by atoms with E-state index in [1.54, 1.807) is 0 Å². The van der Waals surface area contributed by atoms with Crippen molar-refractivity contribution in [2.45, 2.75) is 44.2 Å². The van der Waals surface area contributed by atoms with Crippen molar-refractivity contribution < 1.29 is 4.79 Å². The van der Waals surface area contributed by atoms with Gasteiger partial charge in [0.05, 0.1) is 6.04 Å². The number of carbonyl (C=O) groups is 1. The van der Waals surface area contributed by atoms with E-state index in [9.17, 15) is 4.79 Å². The molecule has 0 radical (unpaired) electrons. The van der Waals surface area contributed by atoms with Gasteiger partial charge < -0.3 is 15.5 Å².